The largest absolute Gasteiger partial charge is 0.368 e. The van der Waals surface area contributed by atoms with Gasteiger partial charge in [0.05, 0.1) is 11.1 Å². The van der Waals surface area contributed by atoms with E-state index in [0.717, 1.165) is 41.8 Å². The Balaban J connectivity index is 1.54. The number of nitrogens with zero attached hydrogens (tertiary/aromatic N) is 3. The first-order chi connectivity index (χ1) is 13.6. The van der Waals surface area contributed by atoms with Gasteiger partial charge in [-0.25, -0.2) is 9.97 Å². The van der Waals surface area contributed by atoms with E-state index in [1.54, 1.807) is 30.4 Å². The number of amides is 1. The van der Waals surface area contributed by atoms with Crippen molar-refractivity contribution in [2.24, 2.45) is 0 Å². The second-order valence-corrected chi connectivity index (χ2v) is 7.76. The predicted octanol–water partition coefficient (Wildman–Crippen LogP) is 3.90. The van der Waals surface area contributed by atoms with Crippen molar-refractivity contribution in [2.75, 3.05) is 17.3 Å². The van der Waals surface area contributed by atoms with Crippen LogP contribution in [0.4, 0.5) is 11.6 Å². The highest BCUT2D eigenvalue weighted by molar-refractivity contribution is 7.98. The Bertz CT molecular complexity index is 967. The number of rotatable bonds is 5. The maximum Gasteiger partial charge on any atom is 0.235 e. The van der Waals surface area contributed by atoms with Gasteiger partial charge in [-0.3, -0.25) is 9.78 Å². The van der Waals surface area contributed by atoms with Crippen LogP contribution in [0.1, 0.15) is 24.8 Å². The van der Waals surface area contributed by atoms with Crippen molar-refractivity contribution in [3.63, 3.8) is 0 Å². The predicted molar refractivity (Wildman–Crippen MR) is 112 cm³/mol. The van der Waals surface area contributed by atoms with Gasteiger partial charge in [-0.1, -0.05) is 12.5 Å². The zero-order valence-corrected chi connectivity index (χ0v) is 16.4. The standard InChI is InChI=1S/C21H21N5OS/c1-28-17-6-4-16(5-7-17)26-19(27)21(9-2-10-21)15-3-8-18(23-13-15)14-11-24-20(22)25-12-14/h3-8,11-13H,2,9-10H2,1H3,(H,26,27)(H2,22,24,25). The number of nitrogen functional groups attached to an aromatic ring is 1. The van der Waals surface area contributed by atoms with E-state index in [1.807, 2.05) is 42.7 Å². The number of pyridine rings is 1. The zero-order chi connectivity index (χ0) is 19.6. The average molecular weight is 392 g/mol. The first kappa shape index (κ1) is 18.4. The molecule has 0 atom stereocenters. The van der Waals surface area contributed by atoms with E-state index in [0.29, 0.717) is 0 Å². The van der Waals surface area contributed by atoms with Crippen molar-refractivity contribution in [2.45, 2.75) is 29.6 Å². The van der Waals surface area contributed by atoms with Crippen LogP contribution in [0.3, 0.4) is 0 Å². The minimum Gasteiger partial charge on any atom is -0.368 e. The number of nitrogens with two attached hydrogens (primary N) is 1. The van der Waals surface area contributed by atoms with Crippen molar-refractivity contribution in [3.05, 3.63) is 60.6 Å². The Morgan fingerprint density at radius 2 is 1.75 bits per heavy atom. The van der Waals surface area contributed by atoms with Gasteiger partial charge >= 0.3 is 0 Å². The van der Waals surface area contributed by atoms with Crippen LogP contribution in [0.5, 0.6) is 0 Å². The van der Waals surface area contributed by atoms with E-state index in [2.05, 4.69) is 20.3 Å². The second kappa shape index (κ2) is 7.59. The summed E-state index contributed by atoms with van der Waals surface area (Å²) in [5.41, 5.74) is 8.33. The third-order valence-corrected chi connectivity index (χ3v) is 6.02. The van der Waals surface area contributed by atoms with Crippen LogP contribution in [0, 0.1) is 0 Å². The molecule has 6 nitrogen and oxygen atoms in total. The molecule has 4 rings (SSSR count). The minimum atomic E-state index is -0.513. The highest BCUT2D eigenvalue weighted by atomic mass is 32.2. The lowest BCUT2D eigenvalue weighted by atomic mass is 9.64. The summed E-state index contributed by atoms with van der Waals surface area (Å²) in [6, 6.07) is 11.8. The molecule has 2 aromatic heterocycles. The summed E-state index contributed by atoms with van der Waals surface area (Å²) in [6.45, 7) is 0. The highest BCUT2D eigenvalue weighted by Crippen LogP contribution is 2.44. The van der Waals surface area contributed by atoms with E-state index in [-0.39, 0.29) is 11.9 Å². The third kappa shape index (κ3) is 3.45. The molecule has 1 amide bonds. The van der Waals surface area contributed by atoms with Crippen LogP contribution >= 0.6 is 11.8 Å². The Hall–Kier alpha value is -2.93. The Morgan fingerprint density at radius 3 is 2.29 bits per heavy atom. The number of hydrogen-bond acceptors (Lipinski definition) is 6. The Labute approximate surface area is 168 Å². The molecule has 2 heterocycles. The summed E-state index contributed by atoms with van der Waals surface area (Å²) in [5.74, 6) is 0.261. The van der Waals surface area contributed by atoms with Gasteiger partial charge in [0.1, 0.15) is 0 Å². The molecule has 28 heavy (non-hydrogen) atoms. The number of nitrogens with one attached hydrogen (secondary N) is 1. The molecule has 3 aromatic rings. The molecular formula is C21H21N5OS. The number of carbonyl (C=O) groups excluding carboxylic acids is 1. The number of thioether (sulfide) groups is 1. The third-order valence-electron chi connectivity index (χ3n) is 5.27. The quantitative estimate of drug-likeness (QED) is 0.641. The first-order valence-corrected chi connectivity index (χ1v) is 10.3. The molecule has 1 fully saturated rings. The Kier molecular flexibility index (Phi) is 5.00. The van der Waals surface area contributed by atoms with E-state index < -0.39 is 5.41 Å². The number of hydrogen-bond donors (Lipinski definition) is 2. The van der Waals surface area contributed by atoms with Crippen molar-refractivity contribution in [1.82, 2.24) is 15.0 Å². The van der Waals surface area contributed by atoms with Gasteiger partial charge < -0.3 is 11.1 Å². The monoisotopic (exact) mass is 391 g/mol. The van der Waals surface area contributed by atoms with Crippen LogP contribution < -0.4 is 11.1 Å². The molecular weight excluding hydrogens is 370 g/mol. The molecule has 7 heteroatoms. The number of benzene rings is 1. The summed E-state index contributed by atoms with van der Waals surface area (Å²) in [5, 5.41) is 3.08. The van der Waals surface area contributed by atoms with Crippen LogP contribution in [-0.2, 0) is 10.2 Å². The SMILES string of the molecule is CSc1ccc(NC(=O)C2(c3ccc(-c4cnc(N)nc4)nc3)CCC2)cc1. The fourth-order valence-electron chi connectivity index (χ4n) is 3.42. The molecule has 1 aliphatic carbocycles. The van der Waals surface area contributed by atoms with Crippen molar-refractivity contribution < 1.29 is 4.79 Å². The Morgan fingerprint density at radius 1 is 1.04 bits per heavy atom. The van der Waals surface area contributed by atoms with E-state index >= 15 is 0 Å². The van der Waals surface area contributed by atoms with E-state index in [4.69, 9.17) is 5.73 Å². The molecule has 142 valence electrons. The molecule has 0 unspecified atom stereocenters. The van der Waals surface area contributed by atoms with E-state index in [1.165, 1.54) is 4.90 Å². The average Bonchev–Trinajstić information content (AvgIpc) is 2.69. The van der Waals surface area contributed by atoms with Crippen LogP contribution in [-0.4, -0.2) is 27.1 Å². The van der Waals surface area contributed by atoms with E-state index in [9.17, 15) is 4.79 Å². The van der Waals surface area contributed by atoms with Crippen LogP contribution in [0.2, 0.25) is 0 Å². The minimum absolute atomic E-state index is 0.0287. The lowest BCUT2D eigenvalue weighted by Crippen LogP contribution is -2.46. The fourth-order valence-corrected chi connectivity index (χ4v) is 3.83. The fraction of sp³-hybridized carbons (Fsp3) is 0.238. The summed E-state index contributed by atoms with van der Waals surface area (Å²) in [6.07, 6.45) is 9.81. The topological polar surface area (TPSA) is 93.8 Å². The van der Waals surface area contributed by atoms with Gasteiger partial charge in [0, 0.05) is 34.7 Å². The zero-order valence-electron chi connectivity index (χ0n) is 15.6. The molecule has 0 radical (unpaired) electrons. The maximum atomic E-state index is 13.1. The van der Waals surface area contributed by atoms with Crippen molar-refractivity contribution in [3.8, 4) is 11.3 Å². The summed E-state index contributed by atoms with van der Waals surface area (Å²) < 4.78 is 0. The maximum absolute atomic E-state index is 13.1. The van der Waals surface area contributed by atoms with Crippen LogP contribution in [0.15, 0.2) is 59.9 Å². The van der Waals surface area contributed by atoms with Gasteiger partial charge in [0.15, 0.2) is 0 Å². The normalized spacial score (nSPS) is 14.9. The van der Waals surface area contributed by atoms with Crippen molar-refractivity contribution in [1.29, 1.82) is 0 Å². The lowest BCUT2D eigenvalue weighted by Gasteiger charge is -2.40. The summed E-state index contributed by atoms with van der Waals surface area (Å²) >= 11 is 1.68. The van der Waals surface area contributed by atoms with Crippen LogP contribution in [0.25, 0.3) is 11.3 Å². The number of carbonyl (C=O) groups is 1. The molecule has 1 aromatic carbocycles. The first-order valence-electron chi connectivity index (χ1n) is 9.11. The lowest BCUT2D eigenvalue weighted by molar-refractivity contribution is -0.124. The van der Waals surface area contributed by atoms with Crippen molar-refractivity contribution >= 4 is 29.3 Å². The molecule has 3 N–H and O–H groups in total. The smallest absolute Gasteiger partial charge is 0.235 e. The van der Waals surface area contributed by atoms with Gasteiger partial charge in [-0.2, -0.15) is 0 Å². The van der Waals surface area contributed by atoms with Gasteiger partial charge in [-0.15, -0.1) is 11.8 Å². The number of anilines is 2. The molecule has 0 aliphatic heterocycles. The molecule has 0 bridgehead atoms. The molecule has 0 spiro atoms. The highest BCUT2D eigenvalue weighted by Gasteiger charge is 2.45. The molecule has 0 saturated heterocycles. The van der Waals surface area contributed by atoms with Gasteiger partial charge in [-0.05, 0) is 55.0 Å². The summed E-state index contributed by atoms with van der Waals surface area (Å²) in [4.78, 5) is 26.8. The second-order valence-electron chi connectivity index (χ2n) is 6.88. The van der Waals surface area contributed by atoms with Gasteiger partial charge in [0.25, 0.3) is 0 Å². The molecule has 1 aliphatic rings. The summed E-state index contributed by atoms with van der Waals surface area (Å²) in [7, 11) is 0. The van der Waals surface area contributed by atoms with Gasteiger partial charge in [0.2, 0.25) is 11.9 Å². The number of aromatic nitrogens is 3. The molecule has 1 saturated carbocycles.